The zero-order valence-corrected chi connectivity index (χ0v) is 9.81. The summed E-state index contributed by atoms with van der Waals surface area (Å²) in [7, 11) is 1.80. The number of oxime groups is 1. The molecule has 2 fully saturated rings. The van der Waals surface area contributed by atoms with Crippen LogP contribution in [0.15, 0.2) is 5.16 Å². The predicted molar refractivity (Wildman–Crippen MR) is 60.0 cm³/mol. The molecule has 2 atom stereocenters. The van der Waals surface area contributed by atoms with Crippen LogP contribution >= 0.6 is 0 Å². The van der Waals surface area contributed by atoms with Gasteiger partial charge in [0.1, 0.15) is 5.41 Å². The van der Waals surface area contributed by atoms with Gasteiger partial charge in [0.15, 0.2) is 5.84 Å². The summed E-state index contributed by atoms with van der Waals surface area (Å²) in [5, 5.41) is 11.7. The van der Waals surface area contributed by atoms with Crippen molar-refractivity contribution in [2.24, 2.45) is 28.1 Å². The lowest BCUT2D eigenvalue weighted by molar-refractivity contribution is -0.133. The van der Waals surface area contributed by atoms with Crippen LogP contribution in [0.25, 0.3) is 0 Å². The minimum atomic E-state index is -0.693. The summed E-state index contributed by atoms with van der Waals surface area (Å²) in [6.45, 7) is 2.99. The summed E-state index contributed by atoms with van der Waals surface area (Å²) in [6, 6.07) is 0. The molecule has 0 aliphatic heterocycles. The van der Waals surface area contributed by atoms with Crippen LogP contribution in [0.5, 0.6) is 0 Å². The van der Waals surface area contributed by atoms with E-state index in [2.05, 4.69) is 12.1 Å². The third-order valence-corrected chi connectivity index (χ3v) is 3.89. The van der Waals surface area contributed by atoms with Gasteiger partial charge in [0, 0.05) is 13.6 Å². The third kappa shape index (κ3) is 1.74. The van der Waals surface area contributed by atoms with Crippen molar-refractivity contribution in [2.75, 3.05) is 13.6 Å². The van der Waals surface area contributed by atoms with E-state index in [9.17, 15) is 4.79 Å². The van der Waals surface area contributed by atoms with Crippen LogP contribution < -0.4 is 5.73 Å². The normalized spacial score (nSPS) is 31.0. The van der Waals surface area contributed by atoms with Crippen molar-refractivity contribution in [1.29, 1.82) is 0 Å². The standard InChI is InChI=1S/C11H19N3O2/c1-7-5-8(7)6-14(2)10(15)11(3-4-11)9(12)13-16/h7-8,16H,3-6H2,1-2H3,(H2,12,13). The van der Waals surface area contributed by atoms with Gasteiger partial charge in [-0.25, -0.2) is 0 Å². The van der Waals surface area contributed by atoms with E-state index in [-0.39, 0.29) is 11.7 Å². The Morgan fingerprint density at radius 3 is 2.56 bits per heavy atom. The third-order valence-electron chi connectivity index (χ3n) is 3.89. The molecule has 0 spiro atoms. The second kappa shape index (κ2) is 3.64. The predicted octanol–water partition coefficient (Wildman–Crippen LogP) is 0.627. The molecule has 0 aromatic carbocycles. The summed E-state index contributed by atoms with van der Waals surface area (Å²) in [5.41, 5.74) is 4.89. The van der Waals surface area contributed by atoms with Gasteiger partial charge in [0.05, 0.1) is 0 Å². The fourth-order valence-corrected chi connectivity index (χ4v) is 2.25. The number of hydrogen-bond acceptors (Lipinski definition) is 3. The van der Waals surface area contributed by atoms with Crippen LogP contribution in [0.4, 0.5) is 0 Å². The van der Waals surface area contributed by atoms with Gasteiger partial charge < -0.3 is 15.8 Å². The number of amidine groups is 1. The highest BCUT2D eigenvalue weighted by molar-refractivity contribution is 6.09. The Bertz CT molecular complexity index is 336. The average molecular weight is 225 g/mol. The lowest BCUT2D eigenvalue weighted by Gasteiger charge is -2.22. The Labute approximate surface area is 95.3 Å². The van der Waals surface area contributed by atoms with Crippen LogP contribution in [0, 0.1) is 17.3 Å². The van der Waals surface area contributed by atoms with E-state index in [0.717, 1.165) is 12.5 Å². The van der Waals surface area contributed by atoms with Crippen LogP contribution in [-0.4, -0.2) is 35.4 Å². The Hall–Kier alpha value is -1.26. The number of rotatable bonds is 4. The molecule has 2 saturated carbocycles. The molecule has 2 aliphatic rings. The topological polar surface area (TPSA) is 78.9 Å². The van der Waals surface area contributed by atoms with Crippen LogP contribution in [-0.2, 0) is 4.79 Å². The van der Waals surface area contributed by atoms with Gasteiger partial charge in [-0.2, -0.15) is 0 Å². The lowest BCUT2D eigenvalue weighted by Crippen LogP contribution is -2.42. The van der Waals surface area contributed by atoms with E-state index in [1.54, 1.807) is 11.9 Å². The summed E-state index contributed by atoms with van der Waals surface area (Å²) < 4.78 is 0. The first-order valence-corrected chi connectivity index (χ1v) is 5.75. The molecular formula is C11H19N3O2. The van der Waals surface area contributed by atoms with Gasteiger partial charge in [-0.15, -0.1) is 0 Å². The molecule has 2 aliphatic carbocycles. The number of carbonyl (C=O) groups is 1. The minimum absolute atomic E-state index is 0.00176. The molecule has 0 saturated heterocycles. The molecule has 0 aromatic rings. The molecule has 0 radical (unpaired) electrons. The van der Waals surface area contributed by atoms with Crippen molar-refractivity contribution in [3.05, 3.63) is 0 Å². The number of carbonyl (C=O) groups excluding carboxylic acids is 1. The smallest absolute Gasteiger partial charge is 0.236 e. The zero-order chi connectivity index (χ0) is 11.9. The van der Waals surface area contributed by atoms with E-state index >= 15 is 0 Å². The van der Waals surface area contributed by atoms with Gasteiger partial charge in [0.25, 0.3) is 0 Å². The van der Waals surface area contributed by atoms with E-state index in [1.165, 1.54) is 6.42 Å². The van der Waals surface area contributed by atoms with Gasteiger partial charge in [-0.05, 0) is 31.1 Å². The zero-order valence-electron chi connectivity index (χ0n) is 9.81. The first-order chi connectivity index (χ1) is 7.51. The van der Waals surface area contributed by atoms with E-state index in [4.69, 9.17) is 10.9 Å². The van der Waals surface area contributed by atoms with Crippen LogP contribution in [0.1, 0.15) is 26.2 Å². The van der Waals surface area contributed by atoms with Crippen molar-refractivity contribution >= 4 is 11.7 Å². The quantitative estimate of drug-likeness (QED) is 0.319. The second-order valence-electron chi connectivity index (χ2n) is 5.23. The molecule has 0 bridgehead atoms. The molecule has 2 rings (SSSR count). The maximum Gasteiger partial charge on any atom is 0.236 e. The lowest BCUT2D eigenvalue weighted by atomic mass is 10.0. The Balaban J connectivity index is 1.96. The first kappa shape index (κ1) is 11.2. The van der Waals surface area contributed by atoms with Crippen LogP contribution in [0.3, 0.4) is 0 Å². The molecule has 2 unspecified atom stereocenters. The molecule has 0 aromatic heterocycles. The maximum absolute atomic E-state index is 12.2. The summed E-state index contributed by atoms with van der Waals surface area (Å²) in [4.78, 5) is 13.9. The summed E-state index contributed by atoms with van der Waals surface area (Å²) in [6.07, 6.45) is 2.60. The van der Waals surface area contributed by atoms with E-state index in [1.807, 2.05) is 0 Å². The fraction of sp³-hybridized carbons (Fsp3) is 0.818. The van der Waals surface area contributed by atoms with Crippen molar-refractivity contribution in [1.82, 2.24) is 4.90 Å². The largest absolute Gasteiger partial charge is 0.409 e. The highest BCUT2D eigenvalue weighted by Gasteiger charge is 2.55. The summed E-state index contributed by atoms with van der Waals surface area (Å²) >= 11 is 0. The molecule has 90 valence electrons. The number of nitrogens with two attached hydrogens (primary N) is 1. The molecule has 1 amide bonds. The highest BCUT2D eigenvalue weighted by Crippen LogP contribution is 2.48. The fourth-order valence-electron chi connectivity index (χ4n) is 2.25. The van der Waals surface area contributed by atoms with E-state index < -0.39 is 5.41 Å². The molecule has 3 N–H and O–H groups in total. The first-order valence-electron chi connectivity index (χ1n) is 5.75. The average Bonchev–Trinajstić information content (AvgIpc) is 3.15. The SMILES string of the molecule is CC1CC1CN(C)C(=O)C1(C(N)=NO)CC1. The monoisotopic (exact) mass is 225 g/mol. The molecule has 5 heteroatoms. The van der Waals surface area contributed by atoms with Crippen LogP contribution in [0.2, 0.25) is 0 Å². The highest BCUT2D eigenvalue weighted by atomic mass is 16.4. The van der Waals surface area contributed by atoms with E-state index in [0.29, 0.717) is 18.8 Å². The van der Waals surface area contributed by atoms with Crippen molar-refractivity contribution in [3.8, 4) is 0 Å². The molecule has 5 nitrogen and oxygen atoms in total. The summed E-state index contributed by atoms with van der Waals surface area (Å²) in [5.74, 6) is 1.43. The van der Waals surface area contributed by atoms with Crippen molar-refractivity contribution < 1.29 is 10.0 Å². The number of hydrogen-bond donors (Lipinski definition) is 2. The minimum Gasteiger partial charge on any atom is -0.409 e. The Morgan fingerprint density at radius 2 is 2.19 bits per heavy atom. The van der Waals surface area contributed by atoms with Crippen molar-refractivity contribution in [3.63, 3.8) is 0 Å². The molecular weight excluding hydrogens is 206 g/mol. The number of nitrogens with zero attached hydrogens (tertiary/aromatic N) is 2. The molecule has 0 heterocycles. The van der Waals surface area contributed by atoms with Gasteiger partial charge in [0.2, 0.25) is 5.91 Å². The van der Waals surface area contributed by atoms with Gasteiger partial charge in [-0.1, -0.05) is 12.1 Å². The Morgan fingerprint density at radius 1 is 1.62 bits per heavy atom. The second-order valence-corrected chi connectivity index (χ2v) is 5.23. The maximum atomic E-state index is 12.2. The van der Waals surface area contributed by atoms with Gasteiger partial charge >= 0.3 is 0 Å². The number of amides is 1. The Kier molecular flexibility index (Phi) is 2.56. The molecule has 16 heavy (non-hydrogen) atoms. The van der Waals surface area contributed by atoms with Crippen molar-refractivity contribution in [2.45, 2.75) is 26.2 Å². The van der Waals surface area contributed by atoms with Gasteiger partial charge in [-0.3, -0.25) is 4.79 Å².